The van der Waals surface area contributed by atoms with Crippen molar-refractivity contribution in [2.45, 2.75) is 6.04 Å². The third-order valence-electron chi connectivity index (χ3n) is 4.74. The van der Waals surface area contributed by atoms with E-state index in [0.717, 1.165) is 12.1 Å². The molecular weight excluding hydrogens is 342 g/mol. The smallest absolute Gasteiger partial charge is 0.289 e. The van der Waals surface area contributed by atoms with E-state index in [4.69, 9.17) is 16.0 Å². The van der Waals surface area contributed by atoms with E-state index in [2.05, 4.69) is 10.2 Å². The summed E-state index contributed by atoms with van der Waals surface area (Å²) in [6.45, 7) is 3.16. The fourth-order valence-electron chi connectivity index (χ4n) is 3.38. The van der Waals surface area contributed by atoms with E-state index in [9.17, 15) is 9.59 Å². The minimum atomic E-state index is -0.274. The number of nitrogens with zero attached hydrogens (tertiary/aromatic N) is 2. The van der Waals surface area contributed by atoms with E-state index in [1.54, 1.807) is 23.1 Å². The van der Waals surface area contributed by atoms with Crippen LogP contribution in [0.1, 0.15) is 10.6 Å². The van der Waals surface area contributed by atoms with Crippen LogP contribution in [-0.4, -0.2) is 60.4 Å². The number of furan rings is 1. The number of rotatable bonds is 2. The Morgan fingerprint density at radius 3 is 2.84 bits per heavy atom. The molecule has 0 radical (unpaired) electrons. The van der Waals surface area contributed by atoms with Gasteiger partial charge in [0.15, 0.2) is 5.76 Å². The minimum absolute atomic E-state index is 0.0139. The van der Waals surface area contributed by atoms with Crippen molar-refractivity contribution in [1.29, 1.82) is 0 Å². The number of hydrogen-bond acceptors (Lipinski definition) is 4. The van der Waals surface area contributed by atoms with Gasteiger partial charge in [-0.05, 0) is 24.3 Å². The predicted molar refractivity (Wildman–Crippen MR) is 93.4 cm³/mol. The maximum atomic E-state index is 12.8. The van der Waals surface area contributed by atoms with Crippen molar-refractivity contribution in [3.05, 3.63) is 47.2 Å². The molecule has 1 aromatic heterocycles. The van der Waals surface area contributed by atoms with Crippen LogP contribution in [0.3, 0.4) is 0 Å². The summed E-state index contributed by atoms with van der Waals surface area (Å²) in [6.07, 6.45) is 0. The highest BCUT2D eigenvalue weighted by molar-refractivity contribution is 6.33. The second-order valence-electron chi connectivity index (χ2n) is 6.24. The zero-order chi connectivity index (χ0) is 17.4. The lowest BCUT2D eigenvalue weighted by Gasteiger charge is -2.42. The van der Waals surface area contributed by atoms with Gasteiger partial charge in [0.05, 0.1) is 5.02 Å². The third kappa shape index (κ3) is 3.03. The number of hydrogen-bond donors (Lipinski definition) is 1. The molecule has 2 aliphatic heterocycles. The van der Waals surface area contributed by atoms with Crippen LogP contribution in [-0.2, 0) is 4.79 Å². The molecule has 4 rings (SSSR count). The lowest BCUT2D eigenvalue weighted by molar-refractivity contribution is -0.131. The molecule has 0 spiro atoms. The molecule has 2 amide bonds. The van der Waals surface area contributed by atoms with Gasteiger partial charge in [-0.15, -0.1) is 0 Å². The third-order valence-corrected chi connectivity index (χ3v) is 5.07. The average Bonchev–Trinajstić information content (AvgIpc) is 3.11. The number of fused-ring (bicyclic) bond motifs is 1. The largest absolute Gasteiger partial charge is 0.451 e. The van der Waals surface area contributed by atoms with E-state index in [0.29, 0.717) is 37.0 Å². The first-order chi connectivity index (χ1) is 12.1. The van der Waals surface area contributed by atoms with Crippen molar-refractivity contribution in [2.24, 2.45) is 0 Å². The van der Waals surface area contributed by atoms with Crippen molar-refractivity contribution < 1.29 is 14.0 Å². The summed E-state index contributed by atoms with van der Waals surface area (Å²) in [5.41, 5.74) is 0.750. The molecule has 0 saturated carbocycles. The van der Waals surface area contributed by atoms with Crippen LogP contribution < -0.4 is 5.32 Å². The van der Waals surface area contributed by atoms with E-state index in [-0.39, 0.29) is 23.6 Å². The zero-order valence-electron chi connectivity index (χ0n) is 13.6. The molecule has 1 unspecified atom stereocenters. The molecule has 1 atom stereocenters. The quantitative estimate of drug-likeness (QED) is 0.888. The minimum Gasteiger partial charge on any atom is -0.451 e. The first kappa shape index (κ1) is 16.2. The molecule has 2 aromatic rings. The number of piperazine rings is 2. The van der Waals surface area contributed by atoms with Gasteiger partial charge in [0.1, 0.15) is 11.8 Å². The highest BCUT2D eigenvalue weighted by atomic mass is 35.5. The number of nitrogens with one attached hydrogen (secondary N) is 1. The van der Waals surface area contributed by atoms with Gasteiger partial charge in [0, 0.05) is 38.3 Å². The van der Waals surface area contributed by atoms with Crippen LogP contribution in [0.4, 0.5) is 0 Å². The summed E-state index contributed by atoms with van der Waals surface area (Å²) in [5, 5.41) is 3.43. The summed E-state index contributed by atoms with van der Waals surface area (Å²) in [7, 11) is 0. The molecule has 7 heteroatoms. The number of carbonyl (C=O) groups excluding carboxylic acids is 2. The Hall–Kier alpha value is -2.31. The monoisotopic (exact) mass is 359 g/mol. The molecule has 3 heterocycles. The summed E-state index contributed by atoms with van der Waals surface area (Å²) in [6, 6.07) is 10.5. The maximum absolute atomic E-state index is 12.8. The van der Waals surface area contributed by atoms with Crippen molar-refractivity contribution >= 4 is 23.4 Å². The van der Waals surface area contributed by atoms with Gasteiger partial charge >= 0.3 is 0 Å². The van der Waals surface area contributed by atoms with Gasteiger partial charge in [0.25, 0.3) is 5.91 Å². The van der Waals surface area contributed by atoms with E-state index in [1.165, 1.54) is 0 Å². The molecule has 1 N–H and O–H groups in total. The Morgan fingerprint density at radius 1 is 1.16 bits per heavy atom. The molecule has 6 nitrogen and oxygen atoms in total. The van der Waals surface area contributed by atoms with Gasteiger partial charge < -0.3 is 14.6 Å². The van der Waals surface area contributed by atoms with Gasteiger partial charge in [-0.25, -0.2) is 0 Å². The molecule has 0 bridgehead atoms. The molecule has 1 aromatic carbocycles. The molecule has 130 valence electrons. The number of halogens is 1. The number of carbonyl (C=O) groups is 2. The van der Waals surface area contributed by atoms with Gasteiger partial charge in [0.2, 0.25) is 5.91 Å². The van der Waals surface area contributed by atoms with E-state index < -0.39 is 0 Å². The van der Waals surface area contributed by atoms with Crippen molar-refractivity contribution in [2.75, 3.05) is 32.7 Å². The predicted octanol–water partition coefficient (Wildman–Crippen LogP) is 1.86. The topological polar surface area (TPSA) is 65.8 Å². The summed E-state index contributed by atoms with van der Waals surface area (Å²) >= 11 is 6.18. The second kappa shape index (κ2) is 6.54. The highest BCUT2D eigenvalue weighted by Crippen LogP contribution is 2.29. The van der Waals surface area contributed by atoms with Crippen molar-refractivity contribution in [1.82, 2.24) is 15.1 Å². The van der Waals surface area contributed by atoms with Crippen LogP contribution >= 0.6 is 11.6 Å². The normalized spacial score (nSPS) is 20.9. The first-order valence-corrected chi connectivity index (χ1v) is 8.67. The molecular formula is C18H18ClN3O3. The van der Waals surface area contributed by atoms with Crippen LogP contribution in [0.25, 0.3) is 11.3 Å². The fourth-order valence-corrected chi connectivity index (χ4v) is 3.61. The zero-order valence-corrected chi connectivity index (χ0v) is 14.3. The summed E-state index contributed by atoms with van der Waals surface area (Å²) < 4.78 is 5.74. The van der Waals surface area contributed by atoms with Gasteiger partial charge in [-0.1, -0.05) is 23.7 Å². The molecule has 2 saturated heterocycles. The average molecular weight is 360 g/mol. The van der Waals surface area contributed by atoms with Crippen molar-refractivity contribution in [3.63, 3.8) is 0 Å². The van der Waals surface area contributed by atoms with Crippen molar-refractivity contribution in [3.8, 4) is 11.3 Å². The Morgan fingerprint density at radius 2 is 2.00 bits per heavy atom. The molecule has 2 aliphatic rings. The van der Waals surface area contributed by atoms with Crippen LogP contribution in [0.2, 0.25) is 5.02 Å². The summed E-state index contributed by atoms with van der Waals surface area (Å²) in [4.78, 5) is 28.6. The Balaban J connectivity index is 1.52. The first-order valence-electron chi connectivity index (χ1n) is 8.29. The fraction of sp³-hybridized carbons (Fsp3) is 0.333. The highest BCUT2D eigenvalue weighted by Gasteiger charge is 2.37. The Labute approximate surface area is 150 Å². The lowest BCUT2D eigenvalue weighted by atomic mass is 10.1. The Bertz CT molecular complexity index is 819. The number of amides is 2. The lowest BCUT2D eigenvalue weighted by Crippen LogP contribution is -2.64. The van der Waals surface area contributed by atoms with E-state index in [1.807, 2.05) is 18.2 Å². The van der Waals surface area contributed by atoms with Crippen LogP contribution in [0.5, 0.6) is 0 Å². The van der Waals surface area contributed by atoms with Gasteiger partial charge in [-0.2, -0.15) is 0 Å². The number of benzene rings is 1. The maximum Gasteiger partial charge on any atom is 0.289 e. The van der Waals surface area contributed by atoms with Crippen LogP contribution in [0, 0.1) is 0 Å². The molecule has 0 aliphatic carbocycles. The summed E-state index contributed by atoms with van der Waals surface area (Å²) in [5.74, 6) is 0.610. The Kier molecular flexibility index (Phi) is 4.23. The standard InChI is InChI=1S/C18H18ClN3O3/c19-13-4-2-1-3-12(13)15-5-6-16(25-15)18(24)22-10-9-21-8-7-20-17(23)14(21)11-22/h1-6,14H,7-11H2,(H,20,23). The molecule has 2 fully saturated rings. The van der Waals surface area contributed by atoms with E-state index >= 15 is 0 Å². The molecule has 25 heavy (non-hydrogen) atoms. The second-order valence-corrected chi connectivity index (χ2v) is 6.64. The van der Waals surface area contributed by atoms with Crippen LogP contribution in [0.15, 0.2) is 40.8 Å². The SMILES string of the molecule is O=C1NCCN2CCN(C(=O)c3ccc(-c4ccccc4Cl)o3)CC12. The van der Waals surface area contributed by atoms with Gasteiger partial charge in [-0.3, -0.25) is 14.5 Å².